The van der Waals surface area contributed by atoms with Gasteiger partial charge in [0, 0.05) is 5.56 Å². The lowest BCUT2D eigenvalue weighted by atomic mass is 10.1. The van der Waals surface area contributed by atoms with Crippen molar-refractivity contribution >= 4 is 11.9 Å². The number of carboxylic acid groups (broad SMARTS) is 1. The van der Waals surface area contributed by atoms with E-state index in [1.54, 1.807) is 0 Å². The van der Waals surface area contributed by atoms with E-state index >= 15 is 0 Å². The van der Waals surface area contributed by atoms with Crippen LogP contribution in [0.3, 0.4) is 0 Å². The van der Waals surface area contributed by atoms with Crippen molar-refractivity contribution in [3.63, 3.8) is 0 Å². The third-order valence-corrected chi connectivity index (χ3v) is 2.11. The van der Waals surface area contributed by atoms with E-state index in [0.717, 1.165) is 18.2 Å². The van der Waals surface area contributed by atoms with Crippen LogP contribution in [-0.4, -0.2) is 23.0 Å². The van der Waals surface area contributed by atoms with Crippen molar-refractivity contribution in [2.75, 3.05) is 0 Å². The maximum atomic E-state index is 13.2. The highest BCUT2D eigenvalue weighted by molar-refractivity contribution is 5.84. The first-order chi connectivity index (χ1) is 7.90. The Morgan fingerprint density at radius 3 is 2.65 bits per heavy atom. The van der Waals surface area contributed by atoms with Crippen LogP contribution in [0.4, 0.5) is 8.78 Å². The van der Waals surface area contributed by atoms with Crippen molar-refractivity contribution < 1.29 is 23.5 Å². The number of halogens is 2. The molecule has 0 fully saturated rings. The van der Waals surface area contributed by atoms with E-state index in [9.17, 15) is 18.4 Å². The number of amides is 1. The molecule has 0 spiro atoms. The van der Waals surface area contributed by atoms with Crippen LogP contribution >= 0.6 is 0 Å². The monoisotopic (exact) mass is 243 g/mol. The van der Waals surface area contributed by atoms with Gasteiger partial charge >= 0.3 is 5.97 Å². The maximum absolute atomic E-state index is 13.2. The zero-order valence-corrected chi connectivity index (χ0v) is 9.04. The zero-order chi connectivity index (χ0) is 13.0. The summed E-state index contributed by atoms with van der Waals surface area (Å²) in [7, 11) is 0. The highest BCUT2D eigenvalue weighted by Gasteiger charge is 2.15. The summed E-state index contributed by atoms with van der Waals surface area (Å²) in [4.78, 5) is 21.8. The molecule has 0 aromatic heterocycles. The van der Waals surface area contributed by atoms with E-state index in [0.29, 0.717) is 0 Å². The molecule has 1 aromatic rings. The summed E-state index contributed by atoms with van der Waals surface area (Å²) in [6.07, 6.45) is -0.402. The minimum atomic E-state index is -1.20. The summed E-state index contributed by atoms with van der Waals surface area (Å²) < 4.78 is 26.0. The van der Waals surface area contributed by atoms with Gasteiger partial charge < -0.3 is 10.4 Å². The summed E-state index contributed by atoms with van der Waals surface area (Å²) in [5.41, 5.74) is -0.111. The summed E-state index contributed by atoms with van der Waals surface area (Å²) in [6.45, 7) is 1.28. The molecule has 0 aliphatic rings. The number of hydrogen-bond donors (Lipinski definition) is 2. The van der Waals surface area contributed by atoms with Crippen molar-refractivity contribution in [3.05, 3.63) is 35.4 Å². The van der Waals surface area contributed by atoms with Gasteiger partial charge in [-0.3, -0.25) is 9.59 Å². The first-order valence-electron chi connectivity index (χ1n) is 4.86. The van der Waals surface area contributed by atoms with E-state index in [1.807, 2.05) is 0 Å². The predicted molar refractivity (Wildman–Crippen MR) is 55.3 cm³/mol. The fourth-order valence-electron chi connectivity index (χ4n) is 1.21. The lowest BCUT2D eigenvalue weighted by molar-refractivity contribution is -0.141. The van der Waals surface area contributed by atoms with Crippen molar-refractivity contribution in [2.24, 2.45) is 0 Å². The van der Waals surface area contributed by atoms with Gasteiger partial charge in [0.25, 0.3) is 0 Å². The zero-order valence-electron chi connectivity index (χ0n) is 9.04. The van der Waals surface area contributed by atoms with Crippen molar-refractivity contribution in [2.45, 2.75) is 19.4 Å². The molecule has 1 rings (SSSR count). The van der Waals surface area contributed by atoms with Crippen molar-refractivity contribution in [3.8, 4) is 0 Å². The fraction of sp³-hybridized carbons (Fsp3) is 0.273. The van der Waals surface area contributed by atoms with E-state index < -0.39 is 36.0 Å². The minimum absolute atomic E-state index is 0.111. The summed E-state index contributed by atoms with van der Waals surface area (Å²) >= 11 is 0. The number of nitrogens with one attached hydrogen (secondary N) is 1. The second kappa shape index (κ2) is 5.38. The Hall–Kier alpha value is -1.98. The predicted octanol–water partition coefficient (Wildman–Crippen LogP) is 1.10. The molecular weight excluding hydrogens is 232 g/mol. The normalized spacial score (nSPS) is 11.9. The van der Waals surface area contributed by atoms with Crippen LogP contribution in [0.25, 0.3) is 0 Å². The van der Waals surface area contributed by atoms with Gasteiger partial charge in [0.1, 0.15) is 17.7 Å². The second-order valence-corrected chi connectivity index (χ2v) is 3.54. The average Bonchev–Trinajstić information content (AvgIpc) is 2.23. The van der Waals surface area contributed by atoms with E-state index in [2.05, 4.69) is 5.32 Å². The smallest absolute Gasteiger partial charge is 0.325 e. The van der Waals surface area contributed by atoms with E-state index in [4.69, 9.17) is 5.11 Å². The molecule has 1 atom stereocenters. The molecule has 92 valence electrons. The quantitative estimate of drug-likeness (QED) is 0.832. The number of hydrogen-bond acceptors (Lipinski definition) is 2. The third-order valence-electron chi connectivity index (χ3n) is 2.11. The van der Waals surface area contributed by atoms with Gasteiger partial charge in [-0.15, -0.1) is 0 Å². The van der Waals surface area contributed by atoms with Gasteiger partial charge in [0.05, 0.1) is 6.42 Å². The Bertz CT molecular complexity index is 448. The number of carbonyl (C=O) groups is 2. The molecule has 1 amide bonds. The molecule has 4 nitrogen and oxygen atoms in total. The maximum Gasteiger partial charge on any atom is 0.325 e. The summed E-state index contributed by atoms with van der Waals surface area (Å²) in [6, 6.07) is 1.69. The Kier molecular flexibility index (Phi) is 4.14. The fourth-order valence-corrected chi connectivity index (χ4v) is 1.21. The Morgan fingerprint density at radius 2 is 2.06 bits per heavy atom. The minimum Gasteiger partial charge on any atom is -0.480 e. The number of rotatable bonds is 4. The van der Waals surface area contributed by atoms with Crippen LogP contribution in [0.5, 0.6) is 0 Å². The lowest BCUT2D eigenvalue weighted by Gasteiger charge is -2.09. The number of carbonyl (C=O) groups excluding carboxylic acids is 1. The molecule has 0 aliphatic heterocycles. The van der Waals surface area contributed by atoms with Crippen molar-refractivity contribution in [1.82, 2.24) is 5.32 Å². The molecule has 1 aromatic carbocycles. The largest absolute Gasteiger partial charge is 0.480 e. The SMILES string of the molecule is C[C@@H](NC(=O)Cc1cc(F)ccc1F)C(=O)O. The molecule has 0 saturated heterocycles. The number of carboxylic acids is 1. The molecular formula is C11H11F2NO3. The van der Waals surface area contributed by atoms with E-state index in [-0.39, 0.29) is 5.56 Å². The summed E-state index contributed by atoms with van der Waals surface area (Å²) in [5.74, 6) is -3.23. The van der Waals surface area contributed by atoms with Gasteiger partial charge in [-0.25, -0.2) is 8.78 Å². The number of benzene rings is 1. The molecule has 2 N–H and O–H groups in total. The standard InChI is InChI=1S/C11H11F2NO3/c1-6(11(16)17)14-10(15)5-7-4-8(12)2-3-9(7)13/h2-4,6H,5H2,1H3,(H,14,15)(H,16,17)/t6-/m1/s1. The van der Waals surface area contributed by atoms with Crippen LogP contribution in [-0.2, 0) is 16.0 Å². The number of aliphatic carboxylic acids is 1. The molecule has 0 heterocycles. The van der Waals surface area contributed by atoms with Gasteiger partial charge in [-0.2, -0.15) is 0 Å². The molecule has 0 bridgehead atoms. The van der Waals surface area contributed by atoms with Gasteiger partial charge in [-0.05, 0) is 25.1 Å². The van der Waals surface area contributed by atoms with Gasteiger partial charge in [0.2, 0.25) is 5.91 Å². The molecule has 17 heavy (non-hydrogen) atoms. The van der Waals surface area contributed by atoms with Gasteiger partial charge in [-0.1, -0.05) is 0 Å². The molecule has 0 aliphatic carbocycles. The highest BCUT2D eigenvalue weighted by Crippen LogP contribution is 2.10. The molecule has 0 radical (unpaired) electrons. The average molecular weight is 243 g/mol. The Labute approximate surface area is 96.3 Å². The van der Waals surface area contributed by atoms with Crippen LogP contribution in [0.2, 0.25) is 0 Å². The first-order valence-corrected chi connectivity index (χ1v) is 4.86. The van der Waals surface area contributed by atoms with Crippen LogP contribution in [0.1, 0.15) is 12.5 Å². The molecule has 6 heteroatoms. The third kappa shape index (κ3) is 3.82. The summed E-state index contributed by atoms with van der Waals surface area (Å²) in [5, 5.41) is 10.7. The van der Waals surface area contributed by atoms with E-state index in [1.165, 1.54) is 6.92 Å². The van der Waals surface area contributed by atoms with Crippen LogP contribution in [0, 0.1) is 11.6 Å². The van der Waals surface area contributed by atoms with Gasteiger partial charge in [0.15, 0.2) is 0 Å². The molecule has 0 unspecified atom stereocenters. The first kappa shape index (κ1) is 13.1. The Morgan fingerprint density at radius 1 is 1.41 bits per heavy atom. The lowest BCUT2D eigenvalue weighted by Crippen LogP contribution is -2.39. The highest BCUT2D eigenvalue weighted by atomic mass is 19.1. The topological polar surface area (TPSA) is 66.4 Å². The Balaban J connectivity index is 2.68. The second-order valence-electron chi connectivity index (χ2n) is 3.54. The van der Waals surface area contributed by atoms with Crippen LogP contribution in [0.15, 0.2) is 18.2 Å². The van der Waals surface area contributed by atoms with Crippen LogP contribution < -0.4 is 5.32 Å². The molecule has 0 saturated carbocycles. The van der Waals surface area contributed by atoms with Crippen molar-refractivity contribution in [1.29, 1.82) is 0 Å².